The molecule has 0 amide bonds. The highest BCUT2D eigenvalue weighted by molar-refractivity contribution is 5.96. The van der Waals surface area contributed by atoms with E-state index in [0.29, 0.717) is 19.1 Å². The van der Waals surface area contributed by atoms with Gasteiger partial charge in [0.15, 0.2) is 5.78 Å². The van der Waals surface area contributed by atoms with Crippen molar-refractivity contribution in [2.24, 2.45) is 4.99 Å². The number of alkyl halides is 2. The van der Waals surface area contributed by atoms with Crippen molar-refractivity contribution in [3.05, 3.63) is 95.9 Å². The number of aryl methyl sites for hydroxylation is 1. The van der Waals surface area contributed by atoms with E-state index in [1.807, 2.05) is 74.3 Å². The lowest BCUT2D eigenvalue weighted by molar-refractivity contribution is -0.165. The summed E-state index contributed by atoms with van der Waals surface area (Å²) in [7, 11) is 6.18. The van der Waals surface area contributed by atoms with Gasteiger partial charge in [-0.1, -0.05) is 72.9 Å². The second-order valence-electron chi connectivity index (χ2n) is 12.1. The number of likely N-dealkylation sites (N-methyl/N-ethyl adjacent to an activating group) is 1. The first-order valence-corrected chi connectivity index (χ1v) is 16.5. The van der Waals surface area contributed by atoms with E-state index in [0.717, 1.165) is 67.1 Å². The Morgan fingerprint density at radius 2 is 1.50 bits per heavy atom. The molecule has 0 radical (unpaired) electrons. The van der Waals surface area contributed by atoms with E-state index in [4.69, 9.17) is 14.2 Å². The van der Waals surface area contributed by atoms with Crippen LogP contribution in [-0.4, -0.2) is 70.4 Å². The number of ether oxygens (including phenoxy) is 4. The number of hydrogen-bond donors (Lipinski definition) is 0. The van der Waals surface area contributed by atoms with Crippen LogP contribution in [0.5, 0.6) is 11.5 Å². The summed E-state index contributed by atoms with van der Waals surface area (Å²) in [6.45, 7) is 24.6. The molecule has 0 aliphatic carbocycles. The number of para-hydroxylation sites is 1. The van der Waals surface area contributed by atoms with Crippen molar-refractivity contribution in [3.8, 4) is 11.5 Å². The van der Waals surface area contributed by atoms with Gasteiger partial charge in [0.1, 0.15) is 17.3 Å². The normalized spacial score (nSPS) is 10.8. The molecular formula is C40H60F2N2O6. The Labute approximate surface area is 299 Å². The molecule has 0 aromatic heterocycles. The molecule has 0 N–H and O–H groups in total. The molecule has 280 valence electrons. The fourth-order valence-corrected chi connectivity index (χ4v) is 3.77. The van der Waals surface area contributed by atoms with Crippen LogP contribution < -0.4 is 9.47 Å². The van der Waals surface area contributed by atoms with Crippen LogP contribution in [0.15, 0.2) is 84.2 Å². The van der Waals surface area contributed by atoms with Crippen LogP contribution in [0.2, 0.25) is 0 Å². The van der Waals surface area contributed by atoms with Crippen LogP contribution in [0.25, 0.3) is 0 Å². The Morgan fingerprint density at radius 1 is 0.940 bits per heavy atom. The third kappa shape index (κ3) is 20.9. The summed E-state index contributed by atoms with van der Waals surface area (Å²) >= 11 is 0. The maximum Gasteiger partial charge on any atom is 0.376 e. The van der Waals surface area contributed by atoms with Crippen molar-refractivity contribution in [1.29, 1.82) is 0 Å². The number of Topliss-reactive ketones (excluding diaryl/α,β-unsaturated/α-hetero) is 1. The summed E-state index contributed by atoms with van der Waals surface area (Å²) in [6, 6.07) is 13.4. The Morgan fingerprint density at radius 3 is 1.90 bits per heavy atom. The fourth-order valence-electron chi connectivity index (χ4n) is 3.77. The molecule has 0 saturated heterocycles. The van der Waals surface area contributed by atoms with E-state index in [-0.39, 0.29) is 11.2 Å². The number of rotatable bonds is 14. The maximum atomic E-state index is 11.8. The molecule has 10 heteroatoms. The molecule has 8 nitrogen and oxygen atoms in total. The molecule has 0 saturated carbocycles. The van der Waals surface area contributed by atoms with Crippen LogP contribution in [-0.2, 0) is 19.7 Å². The number of methoxy groups -OCH3 is 2. The first kappa shape index (κ1) is 47.8. The lowest BCUT2D eigenvalue weighted by atomic mass is 9.83. The molecule has 0 fully saturated rings. The van der Waals surface area contributed by atoms with Gasteiger partial charge in [-0.15, -0.1) is 0 Å². The average Bonchev–Trinajstić information content (AvgIpc) is 3.06. The van der Waals surface area contributed by atoms with E-state index in [9.17, 15) is 18.4 Å². The monoisotopic (exact) mass is 702 g/mol. The molecule has 0 bridgehead atoms. The minimum Gasteiger partial charge on any atom is -0.496 e. The molecule has 0 spiro atoms. The minimum absolute atomic E-state index is 0.0276. The quantitative estimate of drug-likeness (QED) is 0.0369. The van der Waals surface area contributed by atoms with Gasteiger partial charge in [-0.2, -0.15) is 8.78 Å². The van der Waals surface area contributed by atoms with Gasteiger partial charge < -0.3 is 23.8 Å². The number of carbonyl (C=O) groups excluding carboxylic acids is 2. The number of carbonyl (C=O) groups is 2. The van der Waals surface area contributed by atoms with Crippen LogP contribution in [0.4, 0.5) is 8.78 Å². The summed E-state index contributed by atoms with van der Waals surface area (Å²) in [4.78, 5) is 27.4. The number of ketones is 1. The van der Waals surface area contributed by atoms with Crippen LogP contribution in [0.3, 0.4) is 0 Å². The van der Waals surface area contributed by atoms with Gasteiger partial charge in [0, 0.05) is 57.5 Å². The molecule has 0 aliphatic heterocycles. The lowest BCUT2D eigenvalue weighted by Gasteiger charge is -2.24. The van der Waals surface area contributed by atoms with Crippen molar-refractivity contribution >= 4 is 18.1 Å². The standard InChI is InChI=1S/C15H18N2O.C15H22O2.C6H14O.C4H6F2O2/c1-13(17(4)12-16-3)10-11-14(2)18-15-8-6-5-7-9-15;1-7-13(16)11-8-10(2)14(17-6)12(9-11)15(3,4)5;1-3-5-7-6-4-2;1-4(5,6)3(7)8-2/h5-12H,1-2H2,3-4H3;8-9H,7H2,1-6H3;3-6H2,1-2H3;1-2H3/b11-10-,16-12?;;;. The van der Waals surface area contributed by atoms with Crippen molar-refractivity contribution in [1.82, 2.24) is 4.90 Å². The Hall–Kier alpha value is -4.31. The van der Waals surface area contributed by atoms with Crippen molar-refractivity contribution in [2.45, 2.75) is 86.0 Å². The molecule has 2 rings (SSSR count). The third-order valence-electron chi connectivity index (χ3n) is 6.37. The highest BCUT2D eigenvalue weighted by atomic mass is 19.3. The Balaban J connectivity index is 0. The van der Waals surface area contributed by atoms with E-state index in [1.165, 1.54) is 0 Å². The van der Waals surface area contributed by atoms with Gasteiger partial charge in [-0.25, -0.2) is 4.79 Å². The predicted molar refractivity (Wildman–Crippen MR) is 202 cm³/mol. The fraction of sp³-hybridized carbons (Fsp3) is 0.475. The van der Waals surface area contributed by atoms with E-state index >= 15 is 0 Å². The smallest absolute Gasteiger partial charge is 0.376 e. The number of esters is 1. The van der Waals surface area contributed by atoms with Crippen LogP contribution in [0, 0.1) is 6.92 Å². The van der Waals surface area contributed by atoms with E-state index in [2.05, 4.69) is 57.5 Å². The molecule has 0 unspecified atom stereocenters. The van der Waals surface area contributed by atoms with Crippen molar-refractivity contribution in [3.63, 3.8) is 0 Å². The molecule has 2 aromatic carbocycles. The van der Waals surface area contributed by atoms with E-state index in [1.54, 1.807) is 26.6 Å². The molecule has 2 aromatic rings. The predicted octanol–water partition coefficient (Wildman–Crippen LogP) is 9.77. The zero-order valence-corrected chi connectivity index (χ0v) is 32.3. The minimum atomic E-state index is -3.35. The molecule has 0 heterocycles. The van der Waals surface area contributed by atoms with Gasteiger partial charge in [0.2, 0.25) is 0 Å². The summed E-state index contributed by atoms with van der Waals surface area (Å²) in [5.41, 5.74) is 3.68. The number of benzene rings is 2. The maximum absolute atomic E-state index is 11.8. The van der Waals surface area contributed by atoms with Gasteiger partial charge in [0.25, 0.3) is 0 Å². The summed E-state index contributed by atoms with van der Waals surface area (Å²) < 4.78 is 43.1. The first-order chi connectivity index (χ1) is 23.3. The molecule has 0 atom stereocenters. The number of hydrogen-bond acceptors (Lipinski definition) is 7. The molecule has 0 aliphatic rings. The van der Waals surface area contributed by atoms with Crippen molar-refractivity contribution < 1.29 is 37.3 Å². The number of allylic oxidation sites excluding steroid dienone is 2. The topological polar surface area (TPSA) is 86.7 Å². The van der Waals surface area contributed by atoms with Crippen LogP contribution in [0.1, 0.15) is 89.2 Å². The Kier molecular flexibility index (Phi) is 24.5. The zero-order chi connectivity index (χ0) is 38.9. The number of halogens is 2. The summed E-state index contributed by atoms with van der Waals surface area (Å²) in [5, 5.41) is 0. The second kappa shape index (κ2) is 25.6. The third-order valence-corrected chi connectivity index (χ3v) is 6.37. The van der Waals surface area contributed by atoms with Gasteiger partial charge in [-0.05, 0) is 67.2 Å². The number of nitrogens with zero attached hydrogens (tertiary/aromatic N) is 2. The van der Waals surface area contributed by atoms with E-state index < -0.39 is 11.9 Å². The van der Waals surface area contributed by atoms with Gasteiger partial charge in [0.05, 0.1) is 20.6 Å². The first-order valence-electron chi connectivity index (χ1n) is 16.5. The molecule has 50 heavy (non-hydrogen) atoms. The Bertz CT molecular complexity index is 1360. The lowest BCUT2D eigenvalue weighted by Crippen LogP contribution is -2.25. The summed E-state index contributed by atoms with van der Waals surface area (Å²) in [5.74, 6) is -2.45. The molecular weight excluding hydrogens is 642 g/mol. The van der Waals surface area contributed by atoms with Gasteiger partial charge in [-0.3, -0.25) is 9.79 Å². The number of aliphatic imine (C=N–C) groups is 1. The summed E-state index contributed by atoms with van der Waals surface area (Å²) in [6.07, 6.45) is 8.10. The van der Waals surface area contributed by atoms with Crippen LogP contribution >= 0.6 is 0 Å². The SMILES string of the molecule is C=C(/C=C\C(=C)N(C)C=NC)Oc1ccccc1.CCC(=O)c1cc(C)c(OC)c(C(C)(C)C)c1.CCCOCCC.COC(=O)C(C)(F)F. The highest BCUT2D eigenvalue weighted by Crippen LogP contribution is 2.35. The highest BCUT2D eigenvalue weighted by Gasteiger charge is 2.33. The average molecular weight is 703 g/mol. The second-order valence-corrected chi connectivity index (χ2v) is 12.1. The van der Waals surface area contributed by atoms with Crippen molar-refractivity contribution in [2.75, 3.05) is 41.5 Å². The largest absolute Gasteiger partial charge is 0.496 e. The zero-order valence-electron chi connectivity index (χ0n) is 32.3. The van der Waals surface area contributed by atoms with Gasteiger partial charge >= 0.3 is 11.9 Å².